The molecule has 0 amide bonds. The fourth-order valence-electron chi connectivity index (χ4n) is 1.19. The molecule has 0 unspecified atom stereocenters. The van der Waals surface area contributed by atoms with Crippen LogP contribution in [0.2, 0.25) is 0 Å². The topological polar surface area (TPSA) is 50.7 Å². The van der Waals surface area contributed by atoms with Crippen molar-refractivity contribution in [1.29, 1.82) is 0 Å². The third-order valence-electron chi connectivity index (χ3n) is 1.97. The van der Waals surface area contributed by atoms with Crippen LogP contribution in [-0.4, -0.2) is 38.6 Å². The number of ether oxygens (including phenoxy) is 2. The van der Waals surface area contributed by atoms with Gasteiger partial charge in [-0.15, -0.1) is 0 Å². The molecule has 1 aromatic rings. The normalized spacial score (nSPS) is 10.2. The Morgan fingerprint density at radius 3 is 2.88 bits per heavy atom. The summed E-state index contributed by atoms with van der Waals surface area (Å²) in [7, 11) is 1.53. The van der Waals surface area contributed by atoms with Crippen molar-refractivity contribution in [2.75, 3.05) is 38.8 Å². The summed E-state index contributed by atoms with van der Waals surface area (Å²) in [5.74, 6) is 0.267. The van der Waals surface area contributed by atoms with Crippen LogP contribution in [0.25, 0.3) is 0 Å². The van der Waals surface area contributed by atoms with Crippen LogP contribution in [0.1, 0.15) is 0 Å². The molecule has 0 spiro atoms. The van der Waals surface area contributed by atoms with Gasteiger partial charge in [0.2, 0.25) is 0 Å². The Kier molecular flexibility index (Phi) is 5.60. The SMILES string of the molecule is COc1ccc(F)c(NCCOCCO)c1. The second-order valence-electron chi connectivity index (χ2n) is 3.11. The average molecular weight is 229 g/mol. The number of methoxy groups -OCH3 is 1. The summed E-state index contributed by atoms with van der Waals surface area (Å²) in [4.78, 5) is 0. The van der Waals surface area contributed by atoms with Crippen molar-refractivity contribution in [3.63, 3.8) is 0 Å². The van der Waals surface area contributed by atoms with Crippen molar-refractivity contribution >= 4 is 5.69 Å². The van der Waals surface area contributed by atoms with Crippen LogP contribution in [0.4, 0.5) is 10.1 Å². The minimum absolute atomic E-state index is 0.00643. The smallest absolute Gasteiger partial charge is 0.146 e. The summed E-state index contributed by atoms with van der Waals surface area (Å²) in [5.41, 5.74) is 0.381. The summed E-state index contributed by atoms with van der Waals surface area (Å²) in [5, 5.41) is 11.4. The second-order valence-corrected chi connectivity index (χ2v) is 3.11. The standard InChI is InChI=1S/C11H16FNO3/c1-15-9-2-3-10(12)11(8-9)13-4-6-16-7-5-14/h2-3,8,13-14H,4-7H2,1H3. The maximum atomic E-state index is 13.3. The molecule has 0 bridgehead atoms. The van der Waals surface area contributed by atoms with Gasteiger partial charge in [0.15, 0.2) is 0 Å². The van der Waals surface area contributed by atoms with Crippen molar-refractivity contribution < 1.29 is 19.0 Å². The van der Waals surface area contributed by atoms with E-state index in [1.165, 1.54) is 13.2 Å². The van der Waals surface area contributed by atoms with E-state index in [1.54, 1.807) is 12.1 Å². The van der Waals surface area contributed by atoms with E-state index in [4.69, 9.17) is 14.6 Å². The van der Waals surface area contributed by atoms with Crippen LogP contribution in [0.3, 0.4) is 0 Å². The summed E-state index contributed by atoms with van der Waals surface area (Å²) < 4.78 is 23.3. The predicted molar refractivity (Wildman–Crippen MR) is 59.3 cm³/mol. The molecule has 0 heterocycles. The van der Waals surface area contributed by atoms with Crippen LogP contribution < -0.4 is 10.1 Å². The maximum Gasteiger partial charge on any atom is 0.146 e. The first-order valence-electron chi connectivity index (χ1n) is 5.04. The number of hydrogen-bond donors (Lipinski definition) is 2. The Labute approximate surface area is 94.0 Å². The van der Waals surface area contributed by atoms with Gasteiger partial charge in [-0.1, -0.05) is 0 Å². The van der Waals surface area contributed by atoms with E-state index in [2.05, 4.69) is 5.32 Å². The van der Waals surface area contributed by atoms with Gasteiger partial charge in [-0.3, -0.25) is 0 Å². The van der Waals surface area contributed by atoms with Crippen molar-refractivity contribution in [3.8, 4) is 5.75 Å². The quantitative estimate of drug-likeness (QED) is 0.691. The van der Waals surface area contributed by atoms with Crippen molar-refractivity contribution in [3.05, 3.63) is 24.0 Å². The Balaban J connectivity index is 2.40. The maximum absolute atomic E-state index is 13.3. The predicted octanol–water partition coefficient (Wildman–Crippen LogP) is 1.26. The fraction of sp³-hybridized carbons (Fsp3) is 0.455. The highest BCUT2D eigenvalue weighted by atomic mass is 19.1. The lowest BCUT2D eigenvalue weighted by Crippen LogP contribution is -2.12. The van der Waals surface area contributed by atoms with Crippen LogP contribution in [0.5, 0.6) is 5.75 Å². The number of aliphatic hydroxyl groups excluding tert-OH is 1. The lowest BCUT2D eigenvalue weighted by Gasteiger charge is -2.09. The van der Waals surface area contributed by atoms with Gasteiger partial charge in [0.1, 0.15) is 11.6 Å². The molecule has 0 saturated carbocycles. The molecule has 0 aromatic heterocycles. The zero-order valence-corrected chi connectivity index (χ0v) is 9.20. The van der Waals surface area contributed by atoms with E-state index < -0.39 is 0 Å². The molecule has 0 aliphatic heterocycles. The van der Waals surface area contributed by atoms with Gasteiger partial charge in [-0.25, -0.2) is 4.39 Å². The molecule has 16 heavy (non-hydrogen) atoms. The highest BCUT2D eigenvalue weighted by molar-refractivity contribution is 5.49. The molecule has 0 radical (unpaired) electrons. The third-order valence-corrected chi connectivity index (χ3v) is 1.97. The molecule has 0 saturated heterocycles. The molecule has 0 atom stereocenters. The highest BCUT2D eigenvalue weighted by Gasteiger charge is 2.02. The van der Waals surface area contributed by atoms with Gasteiger partial charge in [0, 0.05) is 12.6 Å². The minimum Gasteiger partial charge on any atom is -0.497 e. The first-order chi connectivity index (χ1) is 7.77. The number of rotatable bonds is 7. The molecule has 2 N–H and O–H groups in total. The average Bonchev–Trinajstić information content (AvgIpc) is 2.31. The van der Waals surface area contributed by atoms with Gasteiger partial charge >= 0.3 is 0 Å². The van der Waals surface area contributed by atoms with Gasteiger partial charge in [0.05, 0.1) is 32.6 Å². The Hall–Kier alpha value is -1.33. The number of halogens is 1. The number of nitrogens with one attached hydrogen (secondary N) is 1. The summed E-state index contributed by atoms with van der Waals surface area (Å²) in [6.07, 6.45) is 0. The number of anilines is 1. The van der Waals surface area contributed by atoms with Gasteiger partial charge < -0.3 is 19.9 Å². The lowest BCUT2D eigenvalue weighted by molar-refractivity contribution is 0.0992. The monoisotopic (exact) mass is 229 g/mol. The van der Waals surface area contributed by atoms with E-state index in [1.807, 2.05) is 0 Å². The zero-order valence-electron chi connectivity index (χ0n) is 9.20. The number of benzene rings is 1. The molecule has 0 aliphatic rings. The number of aliphatic hydroxyl groups is 1. The zero-order chi connectivity index (χ0) is 11.8. The molecule has 1 rings (SSSR count). The molecule has 0 fully saturated rings. The van der Waals surface area contributed by atoms with E-state index in [9.17, 15) is 4.39 Å². The molecule has 5 heteroatoms. The van der Waals surface area contributed by atoms with Crippen molar-refractivity contribution in [2.45, 2.75) is 0 Å². The fourth-order valence-corrected chi connectivity index (χ4v) is 1.19. The van der Waals surface area contributed by atoms with Crippen LogP contribution in [-0.2, 0) is 4.74 Å². The van der Waals surface area contributed by atoms with Crippen LogP contribution in [0.15, 0.2) is 18.2 Å². The van der Waals surface area contributed by atoms with E-state index in [0.717, 1.165) is 0 Å². The summed E-state index contributed by atoms with van der Waals surface area (Å²) >= 11 is 0. The van der Waals surface area contributed by atoms with Crippen molar-refractivity contribution in [1.82, 2.24) is 0 Å². The summed E-state index contributed by atoms with van der Waals surface area (Å²) in [6, 6.07) is 4.49. The lowest BCUT2D eigenvalue weighted by atomic mass is 10.3. The Morgan fingerprint density at radius 1 is 1.38 bits per heavy atom. The molecule has 1 aromatic carbocycles. The van der Waals surface area contributed by atoms with E-state index >= 15 is 0 Å². The minimum atomic E-state index is -0.331. The number of hydrogen-bond acceptors (Lipinski definition) is 4. The van der Waals surface area contributed by atoms with Gasteiger partial charge in [0.25, 0.3) is 0 Å². The highest BCUT2D eigenvalue weighted by Crippen LogP contribution is 2.20. The summed E-state index contributed by atoms with van der Waals surface area (Å²) in [6.45, 7) is 1.18. The molecule has 90 valence electrons. The second kappa shape index (κ2) is 7.03. The molecule has 0 aliphatic carbocycles. The van der Waals surface area contributed by atoms with Crippen molar-refractivity contribution in [2.24, 2.45) is 0 Å². The van der Waals surface area contributed by atoms with E-state index in [0.29, 0.717) is 31.2 Å². The first kappa shape index (κ1) is 12.7. The van der Waals surface area contributed by atoms with Gasteiger partial charge in [-0.05, 0) is 12.1 Å². The molecular formula is C11H16FNO3. The van der Waals surface area contributed by atoms with E-state index in [-0.39, 0.29) is 12.4 Å². The molecular weight excluding hydrogens is 213 g/mol. The first-order valence-corrected chi connectivity index (χ1v) is 5.04. The Bertz CT molecular complexity index is 320. The van der Waals surface area contributed by atoms with Gasteiger partial charge in [-0.2, -0.15) is 0 Å². The van der Waals surface area contributed by atoms with Crippen LogP contribution in [0, 0.1) is 5.82 Å². The van der Waals surface area contributed by atoms with Crippen LogP contribution >= 0.6 is 0 Å². The largest absolute Gasteiger partial charge is 0.497 e. The third kappa shape index (κ3) is 4.04. The Morgan fingerprint density at radius 2 is 2.19 bits per heavy atom. The molecule has 4 nitrogen and oxygen atoms in total.